The van der Waals surface area contributed by atoms with Gasteiger partial charge in [0, 0.05) is 29.0 Å². The third-order valence-electron chi connectivity index (χ3n) is 4.71. The highest BCUT2D eigenvalue weighted by molar-refractivity contribution is 7.07. The number of thiazole rings is 1. The van der Waals surface area contributed by atoms with Gasteiger partial charge in [0.1, 0.15) is 18.2 Å². The summed E-state index contributed by atoms with van der Waals surface area (Å²) in [7, 11) is 0. The molecule has 0 bridgehead atoms. The van der Waals surface area contributed by atoms with Crippen molar-refractivity contribution in [3.8, 4) is 6.07 Å². The van der Waals surface area contributed by atoms with Crippen LogP contribution in [0.1, 0.15) is 42.9 Å². The summed E-state index contributed by atoms with van der Waals surface area (Å²) in [5.74, 6) is -0.0698. The lowest BCUT2D eigenvalue weighted by Crippen LogP contribution is -2.19. The van der Waals surface area contributed by atoms with Gasteiger partial charge < -0.3 is 9.30 Å². The highest BCUT2D eigenvalue weighted by atomic mass is 32.1. The number of rotatable bonds is 8. The normalized spacial score (nSPS) is 11.7. The lowest BCUT2D eigenvalue weighted by atomic mass is 10.1. The minimum absolute atomic E-state index is 0.0431. The van der Waals surface area contributed by atoms with Crippen LogP contribution in [0.3, 0.4) is 0 Å². The third kappa shape index (κ3) is 5.23. The Morgan fingerprint density at radius 2 is 1.96 bits per heavy atom. The van der Waals surface area contributed by atoms with Gasteiger partial charge in [-0.15, -0.1) is 0 Å². The Morgan fingerprint density at radius 1 is 1.25 bits per heavy atom. The maximum atomic E-state index is 12.3. The number of nitrogens with zero attached hydrogens (tertiary/aromatic N) is 3. The highest BCUT2D eigenvalue weighted by Gasteiger charge is 2.14. The van der Waals surface area contributed by atoms with Gasteiger partial charge in [-0.2, -0.15) is 5.26 Å². The number of ether oxygens (including phenoxy) is 1. The summed E-state index contributed by atoms with van der Waals surface area (Å²) in [5.41, 5.74) is 3.76. The molecule has 0 saturated carbocycles. The van der Waals surface area contributed by atoms with E-state index in [0.717, 1.165) is 46.9 Å². The average Bonchev–Trinajstić information content (AvgIpc) is 3.10. The van der Waals surface area contributed by atoms with Crippen LogP contribution < -0.4 is 4.87 Å². The molecule has 2 aromatic heterocycles. The summed E-state index contributed by atoms with van der Waals surface area (Å²) in [6.07, 6.45) is 2.65. The van der Waals surface area contributed by atoms with E-state index < -0.39 is 5.97 Å². The Hall–Kier alpha value is -2.59. The molecule has 28 heavy (non-hydrogen) atoms. The van der Waals surface area contributed by atoms with E-state index >= 15 is 0 Å². The van der Waals surface area contributed by atoms with E-state index in [-0.39, 0.29) is 23.6 Å². The molecule has 2 rings (SSSR count). The van der Waals surface area contributed by atoms with E-state index in [1.807, 2.05) is 32.9 Å². The monoisotopic (exact) mass is 401 g/mol. The van der Waals surface area contributed by atoms with Crippen molar-refractivity contribution in [2.45, 2.75) is 54.1 Å². The van der Waals surface area contributed by atoms with Gasteiger partial charge >= 0.3 is 10.8 Å². The zero-order valence-electron chi connectivity index (χ0n) is 17.1. The molecule has 0 aromatic carbocycles. The van der Waals surface area contributed by atoms with Gasteiger partial charge in [0.2, 0.25) is 0 Å². The Balaban J connectivity index is 2.08. The fraction of sp³-hybridized carbons (Fsp3) is 0.476. The van der Waals surface area contributed by atoms with Crippen molar-refractivity contribution in [2.24, 2.45) is 5.92 Å². The molecule has 0 unspecified atom stereocenters. The number of carbonyl (C=O) groups excluding carboxylic acids is 1. The molecule has 7 heteroatoms. The summed E-state index contributed by atoms with van der Waals surface area (Å²) in [5, 5.41) is 11.2. The molecular weight excluding hydrogens is 374 g/mol. The lowest BCUT2D eigenvalue weighted by Gasteiger charge is -2.11. The maximum absolute atomic E-state index is 12.3. The summed E-state index contributed by atoms with van der Waals surface area (Å²) >= 11 is 1.11. The topological polar surface area (TPSA) is 77.0 Å². The minimum Gasteiger partial charge on any atom is -0.460 e. The van der Waals surface area contributed by atoms with Crippen molar-refractivity contribution in [1.29, 1.82) is 5.26 Å². The third-order valence-corrected chi connectivity index (χ3v) is 5.59. The molecule has 0 amide bonds. The molecular formula is C21H27N3O3S. The average molecular weight is 402 g/mol. The summed E-state index contributed by atoms with van der Waals surface area (Å²) < 4.78 is 8.97. The number of aryl methyl sites for hydroxylation is 2. The number of esters is 1. The second kappa shape index (κ2) is 9.56. The molecule has 0 radical (unpaired) electrons. The van der Waals surface area contributed by atoms with E-state index in [9.17, 15) is 14.9 Å². The Bertz CT molecular complexity index is 970. The standard InChI is InChI=1S/C21H27N3O3S/c1-14(2)6-7-23-15(3)10-18(17(23)5)11-19(12-22)20(25)27-9-8-24-16(4)13-28-21(24)26/h10-11,13-14H,6-9H2,1-5H3/b19-11+. The molecule has 0 aliphatic rings. The van der Waals surface area contributed by atoms with Gasteiger partial charge in [0.05, 0.1) is 6.54 Å². The fourth-order valence-electron chi connectivity index (χ4n) is 2.98. The quantitative estimate of drug-likeness (QED) is 0.383. The first-order valence-corrected chi connectivity index (χ1v) is 10.2. The molecule has 2 heterocycles. The van der Waals surface area contributed by atoms with Gasteiger partial charge in [-0.05, 0) is 50.8 Å². The van der Waals surface area contributed by atoms with Crippen molar-refractivity contribution < 1.29 is 9.53 Å². The molecule has 0 fully saturated rings. The molecule has 0 N–H and O–H groups in total. The number of hydrogen-bond acceptors (Lipinski definition) is 5. The molecule has 0 aliphatic carbocycles. The van der Waals surface area contributed by atoms with Gasteiger partial charge in [-0.1, -0.05) is 25.2 Å². The second-order valence-electron chi connectivity index (χ2n) is 7.26. The number of hydrogen-bond donors (Lipinski definition) is 0. The summed E-state index contributed by atoms with van der Waals surface area (Å²) in [4.78, 5) is 23.9. The van der Waals surface area contributed by atoms with E-state index in [0.29, 0.717) is 5.92 Å². The van der Waals surface area contributed by atoms with Gasteiger partial charge in [-0.25, -0.2) is 4.79 Å². The van der Waals surface area contributed by atoms with E-state index in [1.54, 1.807) is 16.0 Å². The van der Waals surface area contributed by atoms with Crippen LogP contribution in [0.15, 0.2) is 21.8 Å². The van der Waals surface area contributed by atoms with Crippen LogP contribution in [0.4, 0.5) is 0 Å². The van der Waals surface area contributed by atoms with Crippen molar-refractivity contribution >= 4 is 23.4 Å². The number of nitriles is 1. The molecule has 0 saturated heterocycles. The highest BCUT2D eigenvalue weighted by Crippen LogP contribution is 2.20. The number of carbonyl (C=O) groups is 1. The maximum Gasteiger partial charge on any atom is 0.348 e. The lowest BCUT2D eigenvalue weighted by molar-refractivity contribution is -0.138. The van der Waals surface area contributed by atoms with Crippen LogP contribution in [0, 0.1) is 38.0 Å². The predicted molar refractivity (Wildman–Crippen MR) is 111 cm³/mol. The first-order valence-electron chi connectivity index (χ1n) is 9.35. The fourth-order valence-corrected chi connectivity index (χ4v) is 3.74. The van der Waals surface area contributed by atoms with Crippen LogP contribution in [-0.4, -0.2) is 21.7 Å². The Labute approximate surface area is 169 Å². The molecule has 0 spiro atoms. The minimum atomic E-state index is -0.671. The molecule has 0 aliphatic heterocycles. The Kier molecular flexibility index (Phi) is 7.41. The van der Waals surface area contributed by atoms with Crippen LogP contribution in [0.25, 0.3) is 6.08 Å². The van der Waals surface area contributed by atoms with Gasteiger partial charge in [0.25, 0.3) is 0 Å². The molecule has 150 valence electrons. The van der Waals surface area contributed by atoms with E-state index in [1.165, 1.54) is 0 Å². The summed E-state index contributed by atoms with van der Waals surface area (Å²) in [6.45, 7) is 11.4. The van der Waals surface area contributed by atoms with Crippen molar-refractivity contribution in [1.82, 2.24) is 9.13 Å². The van der Waals surface area contributed by atoms with Crippen LogP contribution in [0.5, 0.6) is 0 Å². The number of aromatic nitrogens is 2. The molecule has 0 atom stereocenters. The second-order valence-corrected chi connectivity index (χ2v) is 8.08. The van der Waals surface area contributed by atoms with Crippen molar-refractivity contribution in [2.75, 3.05) is 6.61 Å². The van der Waals surface area contributed by atoms with Crippen LogP contribution in [0.2, 0.25) is 0 Å². The Morgan fingerprint density at radius 3 is 2.54 bits per heavy atom. The molecule has 2 aromatic rings. The van der Waals surface area contributed by atoms with Crippen molar-refractivity contribution in [3.63, 3.8) is 0 Å². The van der Waals surface area contributed by atoms with Crippen LogP contribution in [-0.2, 0) is 22.6 Å². The van der Waals surface area contributed by atoms with Gasteiger partial charge in [-0.3, -0.25) is 9.36 Å². The van der Waals surface area contributed by atoms with Crippen LogP contribution >= 0.6 is 11.3 Å². The predicted octanol–water partition coefficient (Wildman–Crippen LogP) is 3.83. The largest absolute Gasteiger partial charge is 0.460 e. The van der Waals surface area contributed by atoms with E-state index in [2.05, 4.69) is 18.4 Å². The van der Waals surface area contributed by atoms with Crippen molar-refractivity contribution in [3.05, 3.63) is 49.3 Å². The molecule has 6 nitrogen and oxygen atoms in total. The zero-order valence-corrected chi connectivity index (χ0v) is 17.9. The SMILES string of the molecule is Cc1cc(/C=C(\C#N)C(=O)OCCn2c(C)csc2=O)c(C)n1CCC(C)C. The smallest absolute Gasteiger partial charge is 0.348 e. The first-order chi connectivity index (χ1) is 13.2. The van der Waals surface area contributed by atoms with E-state index in [4.69, 9.17) is 4.74 Å². The van der Waals surface area contributed by atoms with Gasteiger partial charge in [0.15, 0.2) is 0 Å². The summed E-state index contributed by atoms with van der Waals surface area (Å²) in [6, 6.07) is 3.91. The first kappa shape index (κ1) is 21.7. The zero-order chi connectivity index (χ0) is 20.8.